The number of nitrogens with two attached hydrogens (primary N) is 1. The second-order valence-corrected chi connectivity index (χ2v) is 6.36. The summed E-state index contributed by atoms with van der Waals surface area (Å²) < 4.78 is 32.7. The van der Waals surface area contributed by atoms with Crippen molar-refractivity contribution in [3.8, 4) is 0 Å². The van der Waals surface area contributed by atoms with Crippen molar-refractivity contribution < 1.29 is 13.2 Å². The van der Waals surface area contributed by atoms with Crippen LogP contribution in [0.25, 0.3) is 0 Å². The molecule has 5 nitrogen and oxygen atoms in total. The van der Waals surface area contributed by atoms with Crippen molar-refractivity contribution in [1.29, 1.82) is 0 Å². The van der Waals surface area contributed by atoms with Gasteiger partial charge in [0.15, 0.2) is 0 Å². The van der Waals surface area contributed by atoms with Crippen LogP contribution in [-0.2, 0) is 21.3 Å². The van der Waals surface area contributed by atoms with Crippen LogP contribution in [0.3, 0.4) is 0 Å². The summed E-state index contributed by atoms with van der Waals surface area (Å²) in [6.45, 7) is 2.82. The molecule has 2 rings (SSSR count). The first-order chi connectivity index (χ1) is 9.06. The lowest BCUT2D eigenvalue weighted by atomic mass is 9.90. The maximum Gasteiger partial charge on any atom is 0.241 e. The molecule has 1 aromatic rings. The van der Waals surface area contributed by atoms with Gasteiger partial charge in [-0.05, 0) is 31.4 Å². The number of sulfonamides is 1. The molecular weight excluding hydrogens is 264 g/mol. The highest BCUT2D eigenvalue weighted by molar-refractivity contribution is 7.89. The van der Waals surface area contributed by atoms with Crippen molar-refractivity contribution in [2.24, 2.45) is 5.73 Å². The van der Waals surface area contributed by atoms with Crippen molar-refractivity contribution in [1.82, 2.24) is 4.72 Å². The van der Waals surface area contributed by atoms with E-state index in [-0.39, 0.29) is 23.6 Å². The highest BCUT2D eigenvalue weighted by Gasteiger charge is 2.33. The molecule has 0 heterocycles. The lowest BCUT2D eigenvalue weighted by Gasteiger charge is -2.35. The highest BCUT2D eigenvalue weighted by atomic mass is 32.2. The van der Waals surface area contributed by atoms with E-state index in [0.29, 0.717) is 12.2 Å². The molecule has 6 heteroatoms. The van der Waals surface area contributed by atoms with Gasteiger partial charge in [-0.25, -0.2) is 13.1 Å². The Balaban J connectivity index is 2.03. The fourth-order valence-corrected chi connectivity index (χ4v) is 3.76. The number of nitrogens with one attached hydrogen (secondary N) is 1. The van der Waals surface area contributed by atoms with Crippen LogP contribution in [0, 0.1) is 0 Å². The van der Waals surface area contributed by atoms with E-state index < -0.39 is 10.0 Å². The predicted molar refractivity (Wildman–Crippen MR) is 73.1 cm³/mol. The van der Waals surface area contributed by atoms with Crippen LogP contribution >= 0.6 is 0 Å². The minimum atomic E-state index is -3.49. The first-order valence-corrected chi connectivity index (χ1v) is 7.97. The molecule has 1 aliphatic rings. The Hall–Kier alpha value is -0.950. The van der Waals surface area contributed by atoms with Crippen LogP contribution < -0.4 is 10.5 Å². The molecule has 1 fully saturated rings. The lowest BCUT2D eigenvalue weighted by molar-refractivity contribution is -0.00476. The van der Waals surface area contributed by atoms with Crippen molar-refractivity contribution in [3.05, 3.63) is 29.8 Å². The van der Waals surface area contributed by atoms with Crippen LogP contribution in [-0.4, -0.2) is 27.2 Å². The molecule has 0 spiro atoms. The van der Waals surface area contributed by atoms with Gasteiger partial charge >= 0.3 is 0 Å². The SMILES string of the molecule is CCOC1CC(NS(=O)(=O)c2ccccc2CN)C1. The molecule has 0 unspecified atom stereocenters. The van der Waals surface area contributed by atoms with E-state index in [0.717, 1.165) is 12.8 Å². The number of hydrogen-bond donors (Lipinski definition) is 2. The van der Waals surface area contributed by atoms with E-state index in [9.17, 15) is 8.42 Å². The van der Waals surface area contributed by atoms with Crippen molar-refractivity contribution >= 4 is 10.0 Å². The first kappa shape index (κ1) is 14.5. The summed E-state index contributed by atoms with van der Waals surface area (Å²) in [7, 11) is -3.49. The third-order valence-corrected chi connectivity index (χ3v) is 4.92. The van der Waals surface area contributed by atoms with Gasteiger partial charge in [-0.2, -0.15) is 0 Å². The van der Waals surface area contributed by atoms with E-state index in [1.165, 1.54) is 0 Å². The van der Waals surface area contributed by atoms with Crippen LogP contribution in [0.5, 0.6) is 0 Å². The summed E-state index contributed by atoms with van der Waals surface area (Å²) in [5, 5.41) is 0. The molecule has 1 aromatic carbocycles. The van der Waals surface area contributed by atoms with Crippen LogP contribution in [0.15, 0.2) is 29.2 Å². The Labute approximate surface area is 114 Å². The third kappa shape index (κ3) is 3.33. The van der Waals surface area contributed by atoms with Crippen molar-refractivity contribution in [2.45, 2.75) is 43.4 Å². The van der Waals surface area contributed by atoms with Crippen LogP contribution in [0.4, 0.5) is 0 Å². The van der Waals surface area contributed by atoms with Crippen LogP contribution in [0.1, 0.15) is 25.3 Å². The third-order valence-electron chi connectivity index (χ3n) is 3.30. The minimum Gasteiger partial charge on any atom is -0.378 e. The molecule has 1 aliphatic carbocycles. The number of hydrogen-bond acceptors (Lipinski definition) is 4. The van der Waals surface area contributed by atoms with E-state index in [1.54, 1.807) is 24.3 Å². The fourth-order valence-electron chi connectivity index (χ4n) is 2.25. The first-order valence-electron chi connectivity index (χ1n) is 6.48. The summed E-state index contributed by atoms with van der Waals surface area (Å²) in [5.74, 6) is 0. The van der Waals surface area contributed by atoms with Crippen molar-refractivity contribution in [2.75, 3.05) is 6.61 Å². The topological polar surface area (TPSA) is 81.4 Å². The Morgan fingerprint density at radius 3 is 2.68 bits per heavy atom. The monoisotopic (exact) mass is 284 g/mol. The van der Waals surface area contributed by atoms with Gasteiger partial charge in [0.2, 0.25) is 10.0 Å². The Morgan fingerprint density at radius 2 is 2.05 bits per heavy atom. The average Bonchev–Trinajstić information content (AvgIpc) is 2.36. The molecule has 19 heavy (non-hydrogen) atoms. The largest absolute Gasteiger partial charge is 0.378 e. The van der Waals surface area contributed by atoms with Crippen molar-refractivity contribution in [3.63, 3.8) is 0 Å². The van der Waals surface area contributed by atoms with E-state index in [2.05, 4.69) is 4.72 Å². The highest BCUT2D eigenvalue weighted by Crippen LogP contribution is 2.25. The molecule has 1 saturated carbocycles. The summed E-state index contributed by atoms with van der Waals surface area (Å²) in [6.07, 6.45) is 1.65. The maximum absolute atomic E-state index is 12.3. The zero-order valence-corrected chi connectivity index (χ0v) is 11.8. The second kappa shape index (κ2) is 6.00. The van der Waals surface area contributed by atoms with Crippen LogP contribution in [0.2, 0.25) is 0 Å². The molecule has 0 amide bonds. The lowest BCUT2D eigenvalue weighted by Crippen LogP contribution is -2.47. The van der Waals surface area contributed by atoms with Gasteiger partial charge in [-0.3, -0.25) is 0 Å². The molecule has 0 saturated heterocycles. The average molecular weight is 284 g/mol. The standard InChI is InChI=1S/C13H20N2O3S/c1-2-18-12-7-11(8-12)15-19(16,17)13-6-4-3-5-10(13)9-14/h3-6,11-12,15H,2,7-9,14H2,1H3. The van der Waals surface area contributed by atoms with Gasteiger partial charge in [0.25, 0.3) is 0 Å². The molecule has 0 aromatic heterocycles. The van der Waals surface area contributed by atoms with E-state index in [4.69, 9.17) is 10.5 Å². The Kier molecular flexibility index (Phi) is 4.57. The normalized spacial score (nSPS) is 23.1. The number of benzene rings is 1. The quantitative estimate of drug-likeness (QED) is 0.816. The molecular formula is C13H20N2O3S. The van der Waals surface area contributed by atoms with E-state index >= 15 is 0 Å². The van der Waals surface area contributed by atoms with Gasteiger partial charge in [-0.1, -0.05) is 18.2 Å². The van der Waals surface area contributed by atoms with Gasteiger partial charge < -0.3 is 10.5 Å². The molecule has 106 valence electrons. The summed E-state index contributed by atoms with van der Waals surface area (Å²) in [5.41, 5.74) is 6.21. The second-order valence-electron chi connectivity index (χ2n) is 4.68. The molecule has 0 aliphatic heterocycles. The Morgan fingerprint density at radius 1 is 1.37 bits per heavy atom. The smallest absolute Gasteiger partial charge is 0.241 e. The maximum atomic E-state index is 12.3. The zero-order valence-electron chi connectivity index (χ0n) is 11.0. The summed E-state index contributed by atoms with van der Waals surface area (Å²) in [4.78, 5) is 0.275. The van der Waals surface area contributed by atoms with E-state index in [1.807, 2.05) is 6.92 Å². The number of rotatable bonds is 6. The predicted octanol–water partition coefficient (Wildman–Crippen LogP) is 0.991. The molecule has 0 radical (unpaired) electrons. The fraction of sp³-hybridized carbons (Fsp3) is 0.538. The number of ether oxygens (including phenoxy) is 1. The molecule has 3 N–H and O–H groups in total. The molecule has 0 atom stereocenters. The van der Waals surface area contributed by atoms with Gasteiger partial charge in [-0.15, -0.1) is 0 Å². The van der Waals surface area contributed by atoms with Gasteiger partial charge in [0.1, 0.15) is 0 Å². The van der Waals surface area contributed by atoms with Gasteiger partial charge in [0.05, 0.1) is 11.0 Å². The Bertz CT molecular complexity index is 524. The molecule has 0 bridgehead atoms. The summed E-state index contributed by atoms with van der Waals surface area (Å²) >= 11 is 0. The zero-order chi connectivity index (χ0) is 13.9. The summed E-state index contributed by atoms with van der Waals surface area (Å²) in [6, 6.07) is 6.78. The van der Waals surface area contributed by atoms with Gasteiger partial charge in [0, 0.05) is 19.2 Å². The minimum absolute atomic E-state index is 0.0348.